The number of carbonyl (C=O) groups is 1. The standard InChI is InChI=1S/C24H18N8O.C3H7NO/c1-16-12-14-18(15-13-16)30-23(25-17-8-4-2-5-9-17)28-32-22(33)20-21(26-24(30)32)31(29-27-20)19-10-6-3-7-11-19;1-4(2)3-5/h2-15H,1H3,(H,25,28);3H,1-2H3. The topological polar surface area (TPSA) is 115 Å². The van der Waals surface area contributed by atoms with Crippen LogP contribution in [0.1, 0.15) is 5.56 Å². The summed E-state index contributed by atoms with van der Waals surface area (Å²) in [6.45, 7) is 2.02. The molecular formula is C27H25N9O2. The van der Waals surface area contributed by atoms with Crippen molar-refractivity contribution >= 4 is 35.0 Å². The average molecular weight is 508 g/mol. The van der Waals surface area contributed by atoms with Gasteiger partial charge in [-0.1, -0.05) is 59.3 Å². The molecule has 0 aliphatic carbocycles. The number of rotatable bonds is 5. The molecule has 190 valence electrons. The summed E-state index contributed by atoms with van der Waals surface area (Å²) in [5, 5.41) is 16.1. The molecule has 1 amide bonds. The lowest BCUT2D eigenvalue weighted by molar-refractivity contribution is -0.115. The van der Waals surface area contributed by atoms with E-state index in [2.05, 4.69) is 20.7 Å². The predicted molar refractivity (Wildman–Crippen MR) is 145 cm³/mol. The van der Waals surface area contributed by atoms with E-state index in [1.807, 2.05) is 96.4 Å². The van der Waals surface area contributed by atoms with E-state index in [0.29, 0.717) is 17.4 Å². The number of carbonyl (C=O) groups excluding carboxylic acids is 1. The van der Waals surface area contributed by atoms with Gasteiger partial charge in [0, 0.05) is 19.8 Å². The van der Waals surface area contributed by atoms with Crippen LogP contribution in [0.4, 0.5) is 11.6 Å². The quantitative estimate of drug-likeness (QED) is 0.356. The predicted octanol–water partition coefficient (Wildman–Crippen LogP) is 3.37. The van der Waals surface area contributed by atoms with Crippen molar-refractivity contribution in [1.82, 2.24) is 39.1 Å². The zero-order valence-corrected chi connectivity index (χ0v) is 21.1. The summed E-state index contributed by atoms with van der Waals surface area (Å²) >= 11 is 0. The van der Waals surface area contributed by atoms with Crippen LogP contribution >= 0.6 is 0 Å². The van der Waals surface area contributed by atoms with Gasteiger partial charge >= 0.3 is 5.56 Å². The Hall–Kier alpha value is -5.32. The van der Waals surface area contributed by atoms with Gasteiger partial charge in [0.1, 0.15) is 0 Å². The lowest BCUT2D eigenvalue weighted by atomic mass is 10.2. The molecule has 0 radical (unpaired) electrons. The van der Waals surface area contributed by atoms with Crippen molar-refractivity contribution in [2.24, 2.45) is 0 Å². The first kappa shape index (κ1) is 24.4. The largest absolute Gasteiger partial charge is 0.351 e. The maximum Gasteiger partial charge on any atom is 0.306 e. The number of nitrogens with zero attached hydrogens (tertiary/aromatic N) is 8. The van der Waals surface area contributed by atoms with Crippen LogP contribution < -0.4 is 10.9 Å². The van der Waals surface area contributed by atoms with Crippen molar-refractivity contribution in [3.05, 3.63) is 101 Å². The summed E-state index contributed by atoms with van der Waals surface area (Å²) in [6.07, 6.45) is 0.750. The molecule has 0 spiro atoms. The molecule has 1 N–H and O–H groups in total. The number of benzene rings is 3. The molecule has 0 aliphatic heterocycles. The highest BCUT2D eigenvalue weighted by Gasteiger charge is 2.21. The molecule has 0 atom stereocenters. The number of anilines is 2. The van der Waals surface area contributed by atoms with E-state index in [1.54, 1.807) is 18.8 Å². The van der Waals surface area contributed by atoms with Crippen LogP contribution in [0.25, 0.3) is 28.3 Å². The van der Waals surface area contributed by atoms with Gasteiger partial charge in [0.05, 0.1) is 11.4 Å². The zero-order valence-electron chi connectivity index (χ0n) is 21.1. The number of amides is 1. The van der Waals surface area contributed by atoms with Crippen LogP contribution in [0.2, 0.25) is 0 Å². The van der Waals surface area contributed by atoms with Crippen LogP contribution in [0, 0.1) is 6.92 Å². The van der Waals surface area contributed by atoms with Gasteiger partial charge in [-0.05, 0) is 43.3 Å². The highest BCUT2D eigenvalue weighted by atomic mass is 16.1. The summed E-state index contributed by atoms with van der Waals surface area (Å²) in [7, 11) is 3.38. The second kappa shape index (κ2) is 10.3. The number of nitrogens with one attached hydrogen (secondary N) is 1. The molecule has 6 rings (SSSR count). The third-order valence-corrected chi connectivity index (χ3v) is 5.58. The normalized spacial score (nSPS) is 10.7. The highest BCUT2D eigenvalue weighted by molar-refractivity contribution is 5.74. The Bertz CT molecular complexity index is 1750. The molecule has 0 bridgehead atoms. The number of hydrogen-bond acceptors (Lipinski definition) is 7. The number of aryl methyl sites for hydroxylation is 1. The van der Waals surface area contributed by atoms with Crippen LogP contribution in [-0.4, -0.2) is 59.6 Å². The molecule has 0 saturated heterocycles. The fraction of sp³-hybridized carbons (Fsp3) is 0.111. The lowest BCUT2D eigenvalue weighted by Gasteiger charge is -2.10. The van der Waals surface area contributed by atoms with E-state index in [-0.39, 0.29) is 11.1 Å². The summed E-state index contributed by atoms with van der Waals surface area (Å²) in [5.41, 5.74) is 3.67. The molecular weight excluding hydrogens is 482 g/mol. The molecule has 3 aromatic heterocycles. The summed E-state index contributed by atoms with van der Waals surface area (Å²) in [4.78, 5) is 29.0. The van der Waals surface area contributed by atoms with Crippen molar-refractivity contribution in [2.45, 2.75) is 6.92 Å². The van der Waals surface area contributed by atoms with E-state index in [9.17, 15) is 9.59 Å². The summed E-state index contributed by atoms with van der Waals surface area (Å²) in [6, 6.07) is 27.1. The van der Waals surface area contributed by atoms with E-state index >= 15 is 0 Å². The molecule has 0 fully saturated rings. The van der Waals surface area contributed by atoms with Gasteiger partial charge in [-0.3, -0.25) is 9.59 Å². The molecule has 0 aliphatic rings. The molecule has 38 heavy (non-hydrogen) atoms. The number of para-hydroxylation sites is 2. The van der Waals surface area contributed by atoms with Crippen LogP contribution in [0.15, 0.2) is 89.7 Å². The maximum atomic E-state index is 13.3. The molecule has 6 aromatic rings. The van der Waals surface area contributed by atoms with Gasteiger partial charge in [-0.15, -0.1) is 10.2 Å². The van der Waals surface area contributed by atoms with Gasteiger partial charge in [-0.2, -0.15) is 14.2 Å². The highest BCUT2D eigenvalue weighted by Crippen LogP contribution is 2.23. The Balaban J connectivity index is 0.000000540. The Morgan fingerprint density at radius 3 is 2.13 bits per heavy atom. The van der Waals surface area contributed by atoms with Gasteiger partial charge in [0.15, 0.2) is 11.2 Å². The Morgan fingerprint density at radius 1 is 0.868 bits per heavy atom. The van der Waals surface area contributed by atoms with E-state index in [0.717, 1.165) is 29.0 Å². The van der Waals surface area contributed by atoms with Crippen molar-refractivity contribution in [1.29, 1.82) is 0 Å². The minimum Gasteiger partial charge on any atom is -0.351 e. The smallest absolute Gasteiger partial charge is 0.306 e. The monoisotopic (exact) mass is 507 g/mol. The number of aromatic nitrogens is 7. The minimum atomic E-state index is -0.390. The van der Waals surface area contributed by atoms with Crippen LogP contribution in [-0.2, 0) is 4.79 Å². The number of fused-ring (bicyclic) bond motifs is 2. The molecule has 3 heterocycles. The molecule has 11 heteroatoms. The van der Waals surface area contributed by atoms with E-state index in [4.69, 9.17) is 4.98 Å². The second-order valence-corrected chi connectivity index (χ2v) is 8.69. The fourth-order valence-electron chi connectivity index (χ4n) is 3.72. The SMILES string of the molecule is CN(C)C=O.Cc1ccc(-n2c(Nc3ccccc3)nn3c(=O)c4nnn(-c5ccccc5)c4nc23)cc1. The molecule has 11 nitrogen and oxygen atoms in total. The molecule has 0 saturated carbocycles. The van der Waals surface area contributed by atoms with Crippen molar-refractivity contribution in [3.8, 4) is 11.4 Å². The summed E-state index contributed by atoms with van der Waals surface area (Å²) < 4.78 is 4.64. The van der Waals surface area contributed by atoms with Crippen LogP contribution in [0.3, 0.4) is 0 Å². The van der Waals surface area contributed by atoms with Gasteiger partial charge in [-0.25, -0.2) is 4.57 Å². The molecule has 0 unspecified atom stereocenters. The second-order valence-electron chi connectivity index (χ2n) is 8.69. The Labute approximate surface area is 217 Å². The van der Waals surface area contributed by atoms with Gasteiger partial charge in [0.2, 0.25) is 18.1 Å². The average Bonchev–Trinajstić information content (AvgIpc) is 3.53. The van der Waals surface area contributed by atoms with E-state index in [1.165, 1.54) is 9.42 Å². The maximum absolute atomic E-state index is 13.3. The number of hydrogen-bond donors (Lipinski definition) is 1. The van der Waals surface area contributed by atoms with Crippen molar-refractivity contribution < 1.29 is 4.79 Å². The first-order chi connectivity index (χ1) is 18.5. The van der Waals surface area contributed by atoms with Crippen LogP contribution in [0.5, 0.6) is 0 Å². The van der Waals surface area contributed by atoms with Gasteiger partial charge < -0.3 is 10.2 Å². The van der Waals surface area contributed by atoms with Crippen molar-refractivity contribution in [3.63, 3.8) is 0 Å². The Kier molecular flexibility index (Phi) is 6.64. The first-order valence-electron chi connectivity index (χ1n) is 11.8. The zero-order chi connectivity index (χ0) is 26.6. The van der Waals surface area contributed by atoms with E-state index < -0.39 is 0 Å². The lowest BCUT2D eigenvalue weighted by Crippen LogP contribution is -2.17. The molecule has 3 aromatic carbocycles. The minimum absolute atomic E-state index is 0.149. The van der Waals surface area contributed by atoms with Crippen molar-refractivity contribution in [2.75, 3.05) is 19.4 Å². The van der Waals surface area contributed by atoms with Gasteiger partial charge in [0.25, 0.3) is 0 Å². The third-order valence-electron chi connectivity index (χ3n) is 5.58. The summed E-state index contributed by atoms with van der Waals surface area (Å²) in [5.74, 6) is 0.816. The first-order valence-corrected chi connectivity index (χ1v) is 11.8. The Morgan fingerprint density at radius 2 is 1.50 bits per heavy atom. The third kappa shape index (κ3) is 4.72. The fourth-order valence-corrected chi connectivity index (χ4v) is 3.72.